The van der Waals surface area contributed by atoms with Gasteiger partial charge in [-0.1, -0.05) is 23.7 Å². The lowest BCUT2D eigenvalue weighted by Crippen LogP contribution is -2.38. The van der Waals surface area contributed by atoms with Gasteiger partial charge in [0.1, 0.15) is 0 Å². The van der Waals surface area contributed by atoms with Gasteiger partial charge in [0.15, 0.2) is 6.04 Å². The summed E-state index contributed by atoms with van der Waals surface area (Å²) in [5, 5.41) is 15.0. The quantitative estimate of drug-likeness (QED) is 0.836. The Kier molecular flexibility index (Phi) is 4.67. The van der Waals surface area contributed by atoms with E-state index in [0.29, 0.717) is 16.5 Å². The molecule has 0 spiro atoms. The number of thiol groups is 1. The van der Waals surface area contributed by atoms with E-state index in [9.17, 15) is 14.7 Å². The minimum absolute atomic E-state index is 0.157. The fourth-order valence-corrected chi connectivity index (χ4v) is 2.28. The van der Waals surface area contributed by atoms with Crippen LogP contribution in [0.3, 0.4) is 0 Å². The van der Waals surface area contributed by atoms with E-state index in [1.807, 2.05) is 0 Å². The number of aliphatic carboxylic acids is 1. The van der Waals surface area contributed by atoms with Crippen LogP contribution in [0.4, 0.5) is 0 Å². The Morgan fingerprint density at radius 2 is 2.05 bits per heavy atom. The maximum absolute atomic E-state index is 11.9. The fourth-order valence-electron chi connectivity index (χ4n) is 1.96. The van der Waals surface area contributed by atoms with Crippen LogP contribution in [0, 0.1) is 0 Å². The van der Waals surface area contributed by atoms with Crippen molar-refractivity contribution < 1.29 is 14.7 Å². The maximum Gasteiger partial charge on any atom is 0.329 e. The molecule has 1 N–H and O–H groups in total. The van der Waals surface area contributed by atoms with Gasteiger partial charge in [0.25, 0.3) is 0 Å². The zero-order valence-electron chi connectivity index (χ0n) is 10.5. The van der Waals surface area contributed by atoms with Gasteiger partial charge in [0.2, 0.25) is 5.91 Å². The van der Waals surface area contributed by atoms with Crippen LogP contribution in [0.15, 0.2) is 29.4 Å². The van der Waals surface area contributed by atoms with Crippen molar-refractivity contribution in [2.24, 2.45) is 5.10 Å². The van der Waals surface area contributed by atoms with Crippen LogP contribution in [-0.2, 0) is 9.59 Å². The Morgan fingerprint density at radius 1 is 1.40 bits per heavy atom. The number of carboxylic acids is 1. The first-order valence-corrected chi connectivity index (χ1v) is 7.03. The summed E-state index contributed by atoms with van der Waals surface area (Å²) in [4.78, 5) is 23.1. The summed E-state index contributed by atoms with van der Waals surface area (Å²) < 4.78 is 0. The highest BCUT2D eigenvalue weighted by molar-refractivity contribution is 7.80. The molecular formula is C13H13ClN2O3S. The van der Waals surface area contributed by atoms with E-state index in [1.54, 1.807) is 24.3 Å². The van der Waals surface area contributed by atoms with E-state index in [2.05, 4.69) is 17.7 Å². The minimum Gasteiger partial charge on any atom is -0.480 e. The third kappa shape index (κ3) is 3.13. The van der Waals surface area contributed by atoms with Gasteiger partial charge in [0.05, 0.1) is 5.71 Å². The number of amides is 1. The van der Waals surface area contributed by atoms with Crippen LogP contribution in [-0.4, -0.2) is 39.5 Å². The fraction of sp³-hybridized carbons (Fsp3) is 0.308. The van der Waals surface area contributed by atoms with Crippen LogP contribution in [0.2, 0.25) is 5.02 Å². The number of hydrazone groups is 1. The number of carbonyl (C=O) groups excluding carboxylic acids is 1. The Bertz CT molecular complexity index is 559. The van der Waals surface area contributed by atoms with Crippen molar-refractivity contribution in [1.29, 1.82) is 0 Å². The number of carbonyl (C=O) groups is 2. The molecule has 0 radical (unpaired) electrons. The van der Waals surface area contributed by atoms with E-state index in [-0.39, 0.29) is 18.7 Å². The van der Waals surface area contributed by atoms with Gasteiger partial charge in [-0.15, -0.1) is 0 Å². The lowest BCUT2D eigenvalue weighted by Gasteiger charge is -2.17. The second kappa shape index (κ2) is 6.28. The van der Waals surface area contributed by atoms with E-state index in [1.165, 1.54) is 0 Å². The molecule has 0 aromatic heterocycles. The van der Waals surface area contributed by atoms with E-state index < -0.39 is 12.0 Å². The van der Waals surface area contributed by atoms with E-state index in [0.717, 1.165) is 10.6 Å². The second-order valence-corrected chi connectivity index (χ2v) is 5.21. The lowest BCUT2D eigenvalue weighted by atomic mass is 10.0. The third-order valence-electron chi connectivity index (χ3n) is 2.95. The zero-order chi connectivity index (χ0) is 14.7. The molecule has 1 aromatic rings. The molecule has 1 aromatic carbocycles. The van der Waals surface area contributed by atoms with Crippen molar-refractivity contribution in [2.75, 3.05) is 5.75 Å². The van der Waals surface area contributed by atoms with Crippen molar-refractivity contribution in [1.82, 2.24) is 5.01 Å². The molecule has 0 saturated heterocycles. The summed E-state index contributed by atoms with van der Waals surface area (Å²) in [6.45, 7) is 0. The lowest BCUT2D eigenvalue weighted by molar-refractivity contribution is -0.148. The van der Waals surface area contributed by atoms with Gasteiger partial charge in [-0.3, -0.25) is 4.79 Å². The molecule has 1 unspecified atom stereocenters. The highest BCUT2D eigenvalue weighted by Crippen LogP contribution is 2.22. The largest absolute Gasteiger partial charge is 0.480 e. The highest BCUT2D eigenvalue weighted by atomic mass is 35.5. The molecule has 1 aliphatic rings. The molecule has 1 aliphatic heterocycles. The maximum atomic E-state index is 11.9. The molecular weight excluding hydrogens is 300 g/mol. The summed E-state index contributed by atoms with van der Waals surface area (Å²) in [5.74, 6) is -1.05. The Morgan fingerprint density at radius 3 is 2.60 bits per heavy atom. The summed E-state index contributed by atoms with van der Waals surface area (Å²) >= 11 is 9.79. The molecule has 106 valence electrons. The average Bonchev–Trinajstić information content (AvgIpc) is 2.85. The number of halogens is 1. The standard InChI is InChI=1S/C13H13ClN2O3S/c14-9-3-1-8(2-4-9)10-7-11(13(18)19)16(15-10)12(17)5-6-20/h1-4,11,20H,5-7H2,(H,18,19). The Hall–Kier alpha value is -1.53. The third-order valence-corrected chi connectivity index (χ3v) is 3.43. The van der Waals surface area contributed by atoms with Crippen LogP contribution in [0.1, 0.15) is 18.4 Å². The molecule has 0 bridgehead atoms. The number of hydrogen-bond donors (Lipinski definition) is 2. The van der Waals surface area contributed by atoms with E-state index in [4.69, 9.17) is 11.6 Å². The summed E-state index contributed by atoms with van der Waals surface area (Å²) in [6.07, 6.45) is 0.347. The normalized spacial score (nSPS) is 18.0. The second-order valence-electron chi connectivity index (χ2n) is 4.32. The van der Waals surface area contributed by atoms with Crippen LogP contribution in [0.5, 0.6) is 0 Å². The van der Waals surface area contributed by atoms with Crippen molar-refractivity contribution in [3.05, 3.63) is 34.9 Å². The predicted octanol–water partition coefficient (Wildman–Crippen LogP) is 2.05. The molecule has 1 amide bonds. The summed E-state index contributed by atoms with van der Waals surface area (Å²) in [6, 6.07) is 5.97. The summed E-state index contributed by atoms with van der Waals surface area (Å²) in [5.41, 5.74) is 1.34. The summed E-state index contributed by atoms with van der Waals surface area (Å²) in [7, 11) is 0. The first kappa shape index (κ1) is 14.9. The zero-order valence-corrected chi connectivity index (χ0v) is 12.1. The minimum atomic E-state index is -1.06. The molecule has 5 nitrogen and oxygen atoms in total. The Balaban J connectivity index is 2.27. The monoisotopic (exact) mass is 312 g/mol. The molecule has 20 heavy (non-hydrogen) atoms. The molecule has 0 fully saturated rings. The van der Waals surface area contributed by atoms with Gasteiger partial charge < -0.3 is 5.11 Å². The first-order chi connectivity index (χ1) is 9.52. The van der Waals surface area contributed by atoms with Gasteiger partial charge in [0, 0.05) is 17.9 Å². The molecule has 1 heterocycles. The smallest absolute Gasteiger partial charge is 0.329 e. The van der Waals surface area contributed by atoms with Crippen molar-refractivity contribution in [3.8, 4) is 0 Å². The molecule has 7 heteroatoms. The van der Waals surface area contributed by atoms with Crippen LogP contribution in [0.25, 0.3) is 0 Å². The molecule has 2 rings (SSSR count). The number of carboxylic acid groups (broad SMARTS) is 1. The van der Waals surface area contributed by atoms with Crippen molar-refractivity contribution >= 4 is 41.8 Å². The van der Waals surface area contributed by atoms with Crippen molar-refractivity contribution in [3.63, 3.8) is 0 Å². The number of rotatable bonds is 4. The SMILES string of the molecule is O=C(O)C1CC(c2ccc(Cl)cc2)=NN1C(=O)CCS. The molecule has 0 saturated carbocycles. The molecule has 1 atom stereocenters. The average molecular weight is 313 g/mol. The number of benzene rings is 1. The van der Waals surface area contributed by atoms with Crippen molar-refractivity contribution in [2.45, 2.75) is 18.9 Å². The van der Waals surface area contributed by atoms with Gasteiger partial charge >= 0.3 is 5.97 Å². The Labute approximate surface area is 126 Å². The number of hydrogen-bond acceptors (Lipinski definition) is 4. The van der Waals surface area contributed by atoms with Gasteiger partial charge in [-0.25, -0.2) is 9.80 Å². The number of nitrogens with zero attached hydrogens (tertiary/aromatic N) is 2. The highest BCUT2D eigenvalue weighted by Gasteiger charge is 2.36. The van der Waals surface area contributed by atoms with Crippen LogP contribution < -0.4 is 0 Å². The topological polar surface area (TPSA) is 70.0 Å². The van der Waals surface area contributed by atoms with Crippen LogP contribution >= 0.6 is 24.2 Å². The van der Waals surface area contributed by atoms with Gasteiger partial charge in [-0.05, 0) is 23.4 Å². The molecule has 0 aliphatic carbocycles. The van der Waals surface area contributed by atoms with Gasteiger partial charge in [-0.2, -0.15) is 17.7 Å². The predicted molar refractivity (Wildman–Crippen MR) is 79.3 cm³/mol. The first-order valence-electron chi connectivity index (χ1n) is 6.02. The van der Waals surface area contributed by atoms with E-state index >= 15 is 0 Å².